The fourth-order valence-electron chi connectivity index (χ4n) is 3.12. The van der Waals surface area contributed by atoms with Crippen LogP contribution < -0.4 is 5.73 Å². The number of thioether (sulfide) groups is 1. The van der Waals surface area contributed by atoms with Crippen molar-refractivity contribution in [2.75, 3.05) is 5.75 Å². The Morgan fingerprint density at radius 3 is 2.71 bits per heavy atom. The molecule has 0 unspecified atom stereocenters. The lowest BCUT2D eigenvalue weighted by molar-refractivity contribution is 0.302. The molecule has 0 atom stereocenters. The predicted molar refractivity (Wildman–Crippen MR) is 74.4 cm³/mol. The van der Waals surface area contributed by atoms with Crippen molar-refractivity contribution in [2.45, 2.75) is 55.4 Å². The quantitative estimate of drug-likeness (QED) is 0.816. The zero-order valence-corrected chi connectivity index (χ0v) is 11.2. The summed E-state index contributed by atoms with van der Waals surface area (Å²) in [5, 5.41) is 0. The van der Waals surface area contributed by atoms with E-state index in [4.69, 9.17) is 5.73 Å². The minimum atomic E-state index is -0.0364. The molecule has 1 heterocycles. The highest BCUT2D eigenvalue weighted by Crippen LogP contribution is 2.38. The maximum Gasteiger partial charge on any atom is 0.0410 e. The molecular weight excluding hydrogens is 226 g/mol. The molecule has 1 aromatic carbocycles. The monoisotopic (exact) mass is 247 g/mol. The van der Waals surface area contributed by atoms with Crippen LogP contribution in [0.1, 0.15) is 49.7 Å². The van der Waals surface area contributed by atoms with E-state index in [1.807, 2.05) is 11.8 Å². The van der Waals surface area contributed by atoms with E-state index < -0.39 is 0 Å². The third-order valence-electron chi connectivity index (χ3n) is 4.24. The van der Waals surface area contributed by atoms with Gasteiger partial charge in [-0.1, -0.05) is 31.4 Å². The first-order valence-electron chi connectivity index (χ1n) is 6.83. The number of hydrogen-bond donors (Lipinski definition) is 1. The molecule has 3 rings (SSSR count). The van der Waals surface area contributed by atoms with Crippen molar-refractivity contribution in [3.63, 3.8) is 0 Å². The van der Waals surface area contributed by atoms with E-state index in [1.54, 1.807) is 0 Å². The maximum absolute atomic E-state index is 6.60. The van der Waals surface area contributed by atoms with Gasteiger partial charge in [-0.2, -0.15) is 0 Å². The van der Waals surface area contributed by atoms with Crippen LogP contribution in [0.15, 0.2) is 23.1 Å². The van der Waals surface area contributed by atoms with Gasteiger partial charge in [0, 0.05) is 10.4 Å². The molecule has 0 bridgehead atoms. The van der Waals surface area contributed by atoms with Gasteiger partial charge in [0.05, 0.1) is 0 Å². The van der Waals surface area contributed by atoms with Gasteiger partial charge in [0.2, 0.25) is 0 Å². The number of benzene rings is 1. The van der Waals surface area contributed by atoms with Crippen LogP contribution in [0.5, 0.6) is 0 Å². The SMILES string of the molecule is NC1(c2ccc3c(c2)SCCC3)CCCCC1. The maximum atomic E-state index is 6.60. The minimum absolute atomic E-state index is 0.0364. The molecule has 0 radical (unpaired) electrons. The molecule has 1 nitrogen and oxygen atoms in total. The Morgan fingerprint density at radius 2 is 1.88 bits per heavy atom. The van der Waals surface area contributed by atoms with Crippen LogP contribution in [-0.2, 0) is 12.0 Å². The van der Waals surface area contributed by atoms with Crippen LogP contribution in [0.4, 0.5) is 0 Å². The fraction of sp³-hybridized carbons (Fsp3) is 0.600. The molecule has 0 saturated heterocycles. The Hall–Kier alpha value is -0.470. The van der Waals surface area contributed by atoms with E-state index in [9.17, 15) is 0 Å². The summed E-state index contributed by atoms with van der Waals surface area (Å²) < 4.78 is 0. The molecule has 92 valence electrons. The van der Waals surface area contributed by atoms with Crippen molar-refractivity contribution in [2.24, 2.45) is 5.73 Å². The molecule has 2 aliphatic rings. The minimum Gasteiger partial charge on any atom is -0.321 e. The first kappa shape index (κ1) is 11.6. The van der Waals surface area contributed by atoms with Gasteiger partial charge >= 0.3 is 0 Å². The van der Waals surface area contributed by atoms with Crippen LogP contribution in [0.3, 0.4) is 0 Å². The summed E-state index contributed by atoms with van der Waals surface area (Å²) in [5.41, 5.74) is 9.48. The Morgan fingerprint density at radius 1 is 1.06 bits per heavy atom. The summed E-state index contributed by atoms with van der Waals surface area (Å²) in [6.45, 7) is 0. The van der Waals surface area contributed by atoms with Gasteiger partial charge in [0.15, 0.2) is 0 Å². The number of aryl methyl sites for hydroxylation is 1. The molecule has 0 amide bonds. The van der Waals surface area contributed by atoms with E-state index in [2.05, 4.69) is 18.2 Å². The summed E-state index contributed by atoms with van der Waals surface area (Å²) in [5.74, 6) is 1.27. The summed E-state index contributed by atoms with van der Waals surface area (Å²) in [7, 11) is 0. The Kier molecular flexibility index (Phi) is 3.18. The fourth-order valence-corrected chi connectivity index (χ4v) is 4.20. The lowest BCUT2D eigenvalue weighted by Gasteiger charge is -2.34. The zero-order chi connectivity index (χ0) is 11.7. The van der Waals surface area contributed by atoms with Crippen molar-refractivity contribution in [1.82, 2.24) is 0 Å². The molecule has 2 N–H and O–H groups in total. The molecule has 2 heteroatoms. The highest BCUT2D eigenvalue weighted by molar-refractivity contribution is 7.99. The molecule has 1 fully saturated rings. The highest BCUT2D eigenvalue weighted by Gasteiger charge is 2.30. The normalized spacial score (nSPS) is 23.1. The standard InChI is InChI=1S/C15H21NS/c16-15(8-2-1-3-9-15)13-7-6-12-5-4-10-17-14(12)11-13/h6-7,11H,1-5,8-10,16H2. The molecule has 1 aromatic rings. The lowest BCUT2D eigenvalue weighted by Crippen LogP contribution is -2.38. The van der Waals surface area contributed by atoms with Crippen molar-refractivity contribution < 1.29 is 0 Å². The van der Waals surface area contributed by atoms with Gasteiger partial charge in [-0.15, -0.1) is 11.8 Å². The van der Waals surface area contributed by atoms with Gasteiger partial charge in [0.25, 0.3) is 0 Å². The van der Waals surface area contributed by atoms with Gasteiger partial charge in [0.1, 0.15) is 0 Å². The Balaban J connectivity index is 1.92. The summed E-state index contributed by atoms with van der Waals surface area (Å²) >= 11 is 2.01. The van der Waals surface area contributed by atoms with Gasteiger partial charge in [-0.3, -0.25) is 0 Å². The molecule has 1 saturated carbocycles. The number of hydrogen-bond acceptors (Lipinski definition) is 2. The molecular formula is C15H21NS. The van der Waals surface area contributed by atoms with Crippen LogP contribution in [-0.4, -0.2) is 5.75 Å². The molecule has 0 aromatic heterocycles. The topological polar surface area (TPSA) is 26.0 Å². The van der Waals surface area contributed by atoms with Crippen molar-refractivity contribution >= 4 is 11.8 Å². The summed E-state index contributed by atoms with van der Waals surface area (Å²) in [6, 6.07) is 6.99. The van der Waals surface area contributed by atoms with Gasteiger partial charge in [-0.05, 0) is 48.6 Å². The lowest BCUT2D eigenvalue weighted by atomic mass is 9.77. The summed E-state index contributed by atoms with van der Waals surface area (Å²) in [4.78, 5) is 1.49. The van der Waals surface area contributed by atoms with E-state index in [-0.39, 0.29) is 5.54 Å². The second kappa shape index (κ2) is 4.66. The van der Waals surface area contributed by atoms with Gasteiger partial charge < -0.3 is 5.73 Å². The van der Waals surface area contributed by atoms with E-state index >= 15 is 0 Å². The van der Waals surface area contributed by atoms with Crippen LogP contribution in [0.2, 0.25) is 0 Å². The van der Waals surface area contributed by atoms with Crippen LogP contribution in [0.25, 0.3) is 0 Å². The summed E-state index contributed by atoms with van der Waals surface area (Å²) in [6.07, 6.45) is 8.85. The Bertz CT molecular complexity index is 407. The largest absolute Gasteiger partial charge is 0.321 e. The van der Waals surface area contributed by atoms with Crippen LogP contribution in [0, 0.1) is 0 Å². The predicted octanol–water partition coefficient (Wildman–Crippen LogP) is 3.84. The van der Waals surface area contributed by atoms with E-state index in [1.165, 1.54) is 53.9 Å². The average molecular weight is 247 g/mol. The highest BCUT2D eigenvalue weighted by atomic mass is 32.2. The second-order valence-corrected chi connectivity index (χ2v) is 6.63. The molecule has 0 spiro atoms. The smallest absolute Gasteiger partial charge is 0.0410 e. The third kappa shape index (κ3) is 2.25. The third-order valence-corrected chi connectivity index (χ3v) is 5.42. The van der Waals surface area contributed by atoms with Crippen molar-refractivity contribution in [3.8, 4) is 0 Å². The number of fused-ring (bicyclic) bond motifs is 1. The molecule has 1 aliphatic carbocycles. The Labute approximate surface area is 108 Å². The van der Waals surface area contributed by atoms with Crippen molar-refractivity contribution in [1.29, 1.82) is 0 Å². The van der Waals surface area contributed by atoms with Crippen molar-refractivity contribution in [3.05, 3.63) is 29.3 Å². The average Bonchev–Trinajstić information content (AvgIpc) is 2.39. The second-order valence-electron chi connectivity index (χ2n) is 5.49. The van der Waals surface area contributed by atoms with E-state index in [0.29, 0.717) is 0 Å². The van der Waals surface area contributed by atoms with E-state index in [0.717, 1.165) is 12.8 Å². The number of nitrogens with two attached hydrogens (primary N) is 1. The first-order valence-corrected chi connectivity index (χ1v) is 7.82. The molecule has 17 heavy (non-hydrogen) atoms. The molecule has 1 aliphatic heterocycles. The number of rotatable bonds is 1. The first-order chi connectivity index (χ1) is 8.28. The zero-order valence-electron chi connectivity index (χ0n) is 10.4. The van der Waals surface area contributed by atoms with Crippen LogP contribution >= 0.6 is 11.8 Å². The van der Waals surface area contributed by atoms with Gasteiger partial charge in [-0.25, -0.2) is 0 Å².